The average molecular weight is 412 g/mol. The summed E-state index contributed by atoms with van der Waals surface area (Å²) in [6, 6.07) is 15.4. The van der Waals surface area contributed by atoms with Crippen LogP contribution in [0.1, 0.15) is 26.3 Å². The monoisotopic (exact) mass is 411 g/mol. The highest BCUT2D eigenvalue weighted by Crippen LogP contribution is 2.24. The summed E-state index contributed by atoms with van der Waals surface area (Å²) >= 11 is 0. The maximum Gasteiger partial charge on any atom is 0.234 e. The third-order valence-corrected chi connectivity index (χ3v) is 5.37. The number of benzene rings is 2. The number of hydrogen-bond donors (Lipinski definition) is 2. The van der Waals surface area contributed by atoms with E-state index in [1.165, 1.54) is 5.56 Å². The van der Waals surface area contributed by atoms with E-state index in [0.29, 0.717) is 19.7 Å². The van der Waals surface area contributed by atoms with Crippen molar-refractivity contribution in [2.45, 2.75) is 26.2 Å². The molecule has 0 atom stereocenters. The Hall–Kier alpha value is -2.73. The number of carbonyl (C=O) groups excluding carboxylic acids is 1. The highest BCUT2D eigenvalue weighted by atomic mass is 16.5. The molecule has 0 saturated carbocycles. The number of nitrogens with zero attached hydrogens (tertiary/aromatic N) is 2. The summed E-state index contributed by atoms with van der Waals surface area (Å²) in [5.74, 6) is 1.13. The number of piperazine rings is 1. The summed E-state index contributed by atoms with van der Waals surface area (Å²) in [4.78, 5) is 16.7. The first kappa shape index (κ1) is 22.0. The van der Waals surface area contributed by atoms with Gasteiger partial charge in [-0.25, -0.2) is 0 Å². The summed E-state index contributed by atoms with van der Waals surface area (Å²) in [5, 5.41) is 12.3. The van der Waals surface area contributed by atoms with Gasteiger partial charge in [-0.2, -0.15) is 0 Å². The Morgan fingerprint density at radius 2 is 1.63 bits per heavy atom. The quantitative estimate of drug-likeness (QED) is 0.686. The second-order valence-corrected chi connectivity index (χ2v) is 8.75. The standard InChI is InChI=1S/C24H33N3O3/c1-24(2,3)19-4-10-22(11-5-19)30-17-12-25-23(29)18-26-13-15-27(16-14-26)20-6-8-21(28)9-7-20/h4-11,28H,12-18H2,1-3H3,(H,25,29). The number of nitrogens with one attached hydrogen (secondary N) is 1. The topological polar surface area (TPSA) is 65.0 Å². The largest absolute Gasteiger partial charge is 0.508 e. The molecule has 1 amide bonds. The van der Waals surface area contributed by atoms with Gasteiger partial charge in [-0.3, -0.25) is 9.69 Å². The van der Waals surface area contributed by atoms with Crippen molar-refractivity contribution in [3.8, 4) is 11.5 Å². The predicted molar refractivity (Wildman–Crippen MR) is 120 cm³/mol. The SMILES string of the molecule is CC(C)(C)c1ccc(OCCNC(=O)CN2CCN(c3ccc(O)cc3)CC2)cc1. The Bertz CT molecular complexity index is 805. The smallest absolute Gasteiger partial charge is 0.234 e. The number of rotatable bonds is 7. The molecule has 162 valence electrons. The van der Waals surface area contributed by atoms with Gasteiger partial charge in [-0.1, -0.05) is 32.9 Å². The van der Waals surface area contributed by atoms with Crippen molar-refractivity contribution >= 4 is 11.6 Å². The molecule has 0 spiro atoms. The van der Waals surface area contributed by atoms with Crippen LogP contribution in [0, 0.1) is 0 Å². The van der Waals surface area contributed by atoms with E-state index < -0.39 is 0 Å². The summed E-state index contributed by atoms with van der Waals surface area (Å²) in [6.07, 6.45) is 0. The van der Waals surface area contributed by atoms with Crippen LogP contribution in [0.15, 0.2) is 48.5 Å². The molecule has 3 rings (SSSR count). The Kier molecular flexibility index (Phi) is 7.21. The van der Waals surface area contributed by atoms with Crippen LogP contribution < -0.4 is 15.0 Å². The van der Waals surface area contributed by atoms with Crippen LogP contribution in [0.4, 0.5) is 5.69 Å². The van der Waals surface area contributed by atoms with Crippen molar-refractivity contribution in [1.29, 1.82) is 0 Å². The molecule has 0 radical (unpaired) electrons. The highest BCUT2D eigenvalue weighted by Gasteiger charge is 2.19. The van der Waals surface area contributed by atoms with Crippen molar-refractivity contribution in [3.63, 3.8) is 0 Å². The van der Waals surface area contributed by atoms with Crippen molar-refractivity contribution in [3.05, 3.63) is 54.1 Å². The average Bonchev–Trinajstić information content (AvgIpc) is 2.72. The normalized spacial score (nSPS) is 15.1. The van der Waals surface area contributed by atoms with Gasteiger partial charge in [0.1, 0.15) is 18.1 Å². The van der Waals surface area contributed by atoms with Gasteiger partial charge in [0, 0.05) is 31.9 Å². The van der Waals surface area contributed by atoms with Crippen LogP contribution in [0.5, 0.6) is 11.5 Å². The number of amides is 1. The maximum atomic E-state index is 12.2. The fraction of sp³-hybridized carbons (Fsp3) is 0.458. The van der Waals surface area contributed by atoms with E-state index in [0.717, 1.165) is 37.6 Å². The maximum absolute atomic E-state index is 12.2. The fourth-order valence-electron chi connectivity index (χ4n) is 3.50. The number of carbonyl (C=O) groups is 1. The highest BCUT2D eigenvalue weighted by molar-refractivity contribution is 5.78. The molecule has 0 bridgehead atoms. The Morgan fingerprint density at radius 3 is 2.23 bits per heavy atom. The third-order valence-electron chi connectivity index (χ3n) is 5.37. The predicted octanol–water partition coefficient (Wildman–Crippen LogP) is 3.01. The van der Waals surface area contributed by atoms with E-state index >= 15 is 0 Å². The van der Waals surface area contributed by atoms with Crippen LogP contribution in [0.3, 0.4) is 0 Å². The van der Waals surface area contributed by atoms with Crippen molar-refractivity contribution in [2.75, 3.05) is 50.8 Å². The zero-order valence-corrected chi connectivity index (χ0v) is 18.2. The molecule has 1 saturated heterocycles. The third kappa shape index (κ3) is 6.39. The fourth-order valence-corrected chi connectivity index (χ4v) is 3.50. The number of anilines is 1. The molecule has 1 heterocycles. The lowest BCUT2D eigenvalue weighted by atomic mass is 9.87. The molecule has 1 aliphatic heterocycles. The number of aromatic hydroxyl groups is 1. The molecular formula is C24H33N3O3. The molecule has 6 heteroatoms. The lowest BCUT2D eigenvalue weighted by Gasteiger charge is -2.35. The van der Waals surface area contributed by atoms with Crippen LogP contribution >= 0.6 is 0 Å². The number of phenolic OH excluding ortho intramolecular Hbond substituents is 1. The minimum atomic E-state index is 0.0276. The molecule has 0 aromatic heterocycles. The second-order valence-electron chi connectivity index (χ2n) is 8.75. The molecule has 1 aliphatic rings. The molecule has 1 fully saturated rings. The first-order valence-corrected chi connectivity index (χ1v) is 10.6. The lowest BCUT2D eigenvalue weighted by molar-refractivity contribution is -0.122. The minimum absolute atomic E-state index is 0.0276. The van der Waals surface area contributed by atoms with E-state index in [4.69, 9.17) is 4.74 Å². The van der Waals surface area contributed by atoms with Gasteiger partial charge in [0.2, 0.25) is 5.91 Å². The Labute approximate surface area is 179 Å². The molecule has 2 N–H and O–H groups in total. The zero-order chi connectivity index (χ0) is 21.6. The van der Waals surface area contributed by atoms with Gasteiger partial charge in [0.25, 0.3) is 0 Å². The summed E-state index contributed by atoms with van der Waals surface area (Å²) in [7, 11) is 0. The molecule has 0 unspecified atom stereocenters. The van der Waals surface area contributed by atoms with Gasteiger partial charge in [0.15, 0.2) is 0 Å². The van der Waals surface area contributed by atoms with Crippen LogP contribution in [-0.4, -0.2) is 61.8 Å². The van der Waals surface area contributed by atoms with E-state index in [1.807, 2.05) is 24.3 Å². The first-order chi connectivity index (χ1) is 14.3. The number of phenols is 1. The van der Waals surface area contributed by atoms with E-state index in [1.54, 1.807) is 12.1 Å². The van der Waals surface area contributed by atoms with Crippen molar-refractivity contribution in [2.24, 2.45) is 0 Å². The Morgan fingerprint density at radius 1 is 1.00 bits per heavy atom. The molecule has 2 aromatic rings. The van der Waals surface area contributed by atoms with Gasteiger partial charge >= 0.3 is 0 Å². The molecule has 30 heavy (non-hydrogen) atoms. The first-order valence-electron chi connectivity index (χ1n) is 10.6. The molecule has 0 aliphatic carbocycles. The van der Waals surface area contributed by atoms with E-state index in [2.05, 4.69) is 48.0 Å². The zero-order valence-electron chi connectivity index (χ0n) is 18.2. The number of ether oxygens (including phenoxy) is 1. The number of hydrogen-bond acceptors (Lipinski definition) is 5. The lowest BCUT2D eigenvalue weighted by Crippen LogP contribution is -2.49. The second kappa shape index (κ2) is 9.85. The van der Waals surface area contributed by atoms with E-state index in [9.17, 15) is 9.90 Å². The van der Waals surface area contributed by atoms with Crippen LogP contribution in [-0.2, 0) is 10.2 Å². The van der Waals surface area contributed by atoms with Gasteiger partial charge < -0.3 is 20.1 Å². The van der Waals surface area contributed by atoms with Gasteiger partial charge in [-0.15, -0.1) is 0 Å². The summed E-state index contributed by atoms with van der Waals surface area (Å²) < 4.78 is 5.73. The minimum Gasteiger partial charge on any atom is -0.508 e. The summed E-state index contributed by atoms with van der Waals surface area (Å²) in [5.41, 5.74) is 2.50. The van der Waals surface area contributed by atoms with Crippen LogP contribution in [0.25, 0.3) is 0 Å². The van der Waals surface area contributed by atoms with Crippen molar-refractivity contribution in [1.82, 2.24) is 10.2 Å². The van der Waals surface area contributed by atoms with Gasteiger partial charge in [0.05, 0.1) is 13.1 Å². The molecular weight excluding hydrogens is 378 g/mol. The molecule has 2 aromatic carbocycles. The van der Waals surface area contributed by atoms with E-state index in [-0.39, 0.29) is 17.1 Å². The summed E-state index contributed by atoms with van der Waals surface area (Å²) in [6.45, 7) is 11.3. The van der Waals surface area contributed by atoms with Crippen molar-refractivity contribution < 1.29 is 14.6 Å². The van der Waals surface area contributed by atoms with Crippen LogP contribution in [0.2, 0.25) is 0 Å². The Balaban J connectivity index is 1.32. The molecule has 6 nitrogen and oxygen atoms in total. The van der Waals surface area contributed by atoms with Gasteiger partial charge in [-0.05, 0) is 47.4 Å².